The molecule has 1 aliphatic heterocycles. The van der Waals surface area contributed by atoms with E-state index in [1.165, 1.54) is 11.3 Å². The number of pyridine rings is 1. The molecule has 1 saturated heterocycles. The molecule has 0 spiro atoms. The van der Waals surface area contributed by atoms with Gasteiger partial charge < -0.3 is 15.0 Å². The minimum atomic E-state index is -0.0785. The van der Waals surface area contributed by atoms with Crippen LogP contribution in [-0.4, -0.2) is 52.1 Å². The molecule has 8 heteroatoms. The van der Waals surface area contributed by atoms with Gasteiger partial charge in [0.25, 0.3) is 5.91 Å². The standard InChI is InChI=1S/C20H23N5O2S/c1-12-11-28-18-16(12)23-20(22-13(2)15-6-4-5-8-21-15)24-17(18)19(26)25-9-7-14(10-25)27-3/h4-6,8,11,13-14H,7,9-10H2,1-3H3,(H,22,23,24)/t13?,14-/m0/s1. The van der Waals surface area contributed by atoms with Crippen LogP contribution in [0.15, 0.2) is 29.8 Å². The lowest BCUT2D eigenvalue weighted by molar-refractivity contribution is 0.0721. The lowest BCUT2D eigenvalue weighted by Gasteiger charge is -2.18. The molecule has 0 aromatic carbocycles. The number of nitrogens with zero attached hydrogens (tertiary/aromatic N) is 4. The first kappa shape index (κ1) is 18.8. The molecule has 1 aliphatic rings. The van der Waals surface area contributed by atoms with Crippen LogP contribution in [0.1, 0.15) is 41.1 Å². The van der Waals surface area contributed by atoms with Crippen molar-refractivity contribution in [2.45, 2.75) is 32.4 Å². The highest BCUT2D eigenvalue weighted by Gasteiger charge is 2.30. The Morgan fingerprint density at radius 3 is 2.96 bits per heavy atom. The van der Waals surface area contributed by atoms with Crippen LogP contribution in [-0.2, 0) is 4.74 Å². The second kappa shape index (κ2) is 7.81. The van der Waals surface area contributed by atoms with Gasteiger partial charge in [-0.1, -0.05) is 6.07 Å². The van der Waals surface area contributed by atoms with Crippen LogP contribution in [0.3, 0.4) is 0 Å². The SMILES string of the molecule is CO[C@H]1CCN(C(=O)c2nc(NC(C)c3ccccn3)nc3c(C)csc23)C1. The van der Waals surface area contributed by atoms with Gasteiger partial charge in [0.05, 0.1) is 28.1 Å². The summed E-state index contributed by atoms with van der Waals surface area (Å²) in [5.74, 6) is 0.375. The Kier molecular flexibility index (Phi) is 5.23. The molecule has 146 valence electrons. The third-order valence-electron chi connectivity index (χ3n) is 5.04. The van der Waals surface area contributed by atoms with E-state index in [9.17, 15) is 4.79 Å². The van der Waals surface area contributed by atoms with Crippen LogP contribution < -0.4 is 5.32 Å². The van der Waals surface area contributed by atoms with Crippen molar-refractivity contribution in [3.05, 3.63) is 46.7 Å². The average molecular weight is 398 g/mol. The van der Waals surface area contributed by atoms with Crippen molar-refractivity contribution in [1.82, 2.24) is 19.9 Å². The smallest absolute Gasteiger partial charge is 0.274 e. The van der Waals surface area contributed by atoms with E-state index in [-0.39, 0.29) is 18.1 Å². The van der Waals surface area contributed by atoms with Crippen molar-refractivity contribution in [2.75, 3.05) is 25.5 Å². The minimum Gasteiger partial charge on any atom is -0.380 e. The topological polar surface area (TPSA) is 80.2 Å². The summed E-state index contributed by atoms with van der Waals surface area (Å²) in [6.07, 6.45) is 2.70. The second-order valence-corrected chi connectivity index (χ2v) is 7.89. The minimum absolute atomic E-state index is 0.0673. The molecule has 3 aromatic heterocycles. The van der Waals surface area contributed by atoms with Gasteiger partial charge in [0, 0.05) is 26.4 Å². The van der Waals surface area contributed by atoms with Gasteiger partial charge in [-0.15, -0.1) is 11.3 Å². The van der Waals surface area contributed by atoms with Gasteiger partial charge in [-0.25, -0.2) is 9.97 Å². The fourth-order valence-electron chi connectivity index (χ4n) is 3.40. The number of amides is 1. The number of fused-ring (bicyclic) bond motifs is 1. The molecule has 0 saturated carbocycles. The third kappa shape index (κ3) is 3.57. The first-order valence-electron chi connectivity index (χ1n) is 9.32. The first-order valence-corrected chi connectivity index (χ1v) is 10.2. The van der Waals surface area contributed by atoms with E-state index >= 15 is 0 Å². The monoisotopic (exact) mass is 397 g/mol. The summed E-state index contributed by atoms with van der Waals surface area (Å²) < 4.78 is 6.23. The van der Waals surface area contributed by atoms with Crippen molar-refractivity contribution in [3.63, 3.8) is 0 Å². The van der Waals surface area contributed by atoms with E-state index < -0.39 is 0 Å². The maximum Gasteiger partial charge on any atom is 0.274 e. The number of methoxy groups -OCH3 is 1. The maximum atomic E-state index is 13.2. The van der Waals surface area contributed by atoms with Gasteiger partial charge in [0.1, 0.15) is 0 Å². The van der Waals surface area contributed by atoms with Gasteiger partial charge in [-0.05, 0) is 43.3 Å². The molecule has 1 fully saturated rings. The molecular formula is C20H23N5O2S. The summed E-state index contributed by atoms with van der Waals surface area (Å²) in [5.41, 5.74) is 3.21. The lowest BCUT2D eigenvalue weighted by atomic mass is 10.2. The van der Waals surface area contributed by atoms with Crippen LogP contribution in [0.2, 0.25) is 0 Å². The lowest BCUT2D eigenvalue weighted by Crippen LogP contribution is -2.31. The van der Waals surface area contributed by atoms with Crippen LogP contribution in [0.25, 0.3) is 10.2 Å². The Morgan fingerprint density at radius 2 is 2.25 bits per heavy atom. The molecule has 28 heavy (non-hydrogen) atoms. The number of carbonyl (C=O) groups excluding carboxylic acids is 1. The molecule has 0 radical (unpaired) electrons. The van der Waals surface area contributed by atoms with E-state index in [1.54, 1.807) is 13.3 Å². The first-order chi connectivity index (χ1) is 13.6. The maximum absolute atomic E-state index is 13.2. The summed E-state index contributed by atoms with van der Waals surface area (Å²) in [4.78, 5) is 28.7. The Balaban J connectivity index is 1.67. The van der Waals surface area contributed by atoms with Gasteiger partial charge >= 0.3 is 0 Å². The summed E-state index contributed by atoms with van der Waals surface area (Å²) in [6.45, 7) is 5.28. The number of aryl methyl sites for hydroxylation is 1. The number of carbonyl (C=O) groups is 1. The van der Waals surface area contributed by atoms with Crippen LogP contribution in [0.4, 0.5) is 5.95 Å². The summed E-state index contributed by atoms with van der Waals surface area (Å²) >= 11 is 1.51. The highest BCUT2D eigenvalue weighted by molar-refractivity contribution is 7.17. The Hall–Kier alpha value is -2.58. The number of thiophene rings is 1. The van der Waals surface area contributed by atoms with Crippen molar-refractivity contribution >= 4 is 33.4 Å². The fourth-order valence-corrected chi connectivity index (χ4v) is 4.37. The molecular weight excluding hydrogens is 374 g/mol. The second-order valence-electron chi connectivity index (χ2n) is 7.01. The number of hydrogen-bond acceptors (Lipinski definition) is 7. The highest BCUT2D eigenvalue weighted by atomic mass is 32.1. The normalized spacial score (nSPS) is 17.8. The average Bonchev–Trinajstić information content (AvgIpc) is 3.35. The zero-order chi connectivity index (χ0) is 19.7. The molecule has 7 nitrogen and oxygen atoms in total. The number of anilines is 1. The predicted molar refractivity (Wildman–Crippen MR) is 110 cm³/mol. The molecule has 1 N–H and O–H groups in total. The number of aromatic nitrogens is 3. The van der Waals surface area contributed by atoms with Gasteiger partial charge in [-0.2, -0.15) is 0 Å². The molecule has 1 unspecified atom stereocenters. The summed E-state index contributed by atoms with van der Waals surface area (Å²) in [7, 11) is 1.69. The van der Waals surface area contributed by atoms with Crippen molar-refractivity contribution in [2.24, 2.45) is 0 Å². The van der Waals surface area contributed by atoms with Crippen LogP contribution >= 0.6 is 11.3 Å². The van der Waals surface area contributed by atoms with E-state index in [4.69, 9.17) is 4.74 Å². The van der Waals surface area contributed by atoms with Gasteiger partial charge in [-0.3, -0.25) is 9.78 Å². The molecule has 0 bridgehead atoms. The number of nitrogens with one attached hydrogen (secondary N) is 1. The van der Waals surface area contributed by atoms with Gasteiger partial charge in [0.2, 0.25) is 5.95 Å². The molecule has 2 atom stereocenters. The zero-order valence-corrected chi connectivity index (χ0v) is 17.0. The quantitative estimate of drug-likeness (QED) is 0.710. The number of ether oxygens (including phenoxy) is 1. The van der Waals surface area contributed by atoms with E-state index in [2.05, 4.69) is 20.3 Å². The number of hydrogen-bond donors (Lipinski definition) is 1. The summed E-state index contributed by atoms with van der Waals surface area (Å²) in [6, 6.07) is 5.70. The van der Waals surface area contributed by atoms with E-state index in [1.807, 2.05) is 42.3 Å². The molecule has 0 aliphatic carbocycles. The third-order valence-corrected chi connectivity index (χ3v) is 6.13. The zero-order valence-electron chi connectivity index (χ0n) is 16.2. The van der Waals surface area contributed by atoms with Crippen LogP contribution in [0, 0.1) is 6.92 Å². The Morgan fingerprint density at radius 1 is 1.39 bits per heavy atom. The van der Waals surface area contributed by atoms with Crippen LogP contribution in [0.5, 0.6) is 0 Å². The number of likely N-dealkylation sites (tertiary alicyclic amines) is 1. The van der Waals surface area contributed by atoms with Crippen molar-refractivity contribution in [3.8, 4) is 0 Å². The Bertz CT molecular complexity index is 991. The summed E-state index contributed by atoms with van der Waals surface area (Å²) in [5, 5.41) is 5.32. The van der Waals surface area contributed by atoms with Crippen molar-refractivity contribution < 1.29 is 9.53 Å². The van der Waals surface area contributed by atoms with Gasteiger partial charge in [0.15, 0.2) is 5.69 Å². The molecule has 3 aromatic rings. The molecule has 1 amide bonds. The fraction of sp³-hybridized carbons (Fsp3) is 0.400. The van der Waals surface area contributed by atoms with Crippen molar-refractivity contribution in [1.29, 1.82) is 0 Å². The van der Waals surface area contributed by atoms with E-state index in [0.717, 1.165) is 27.9 Å². The van der Waals surface area contributed by atoms with E-state index in [0.29, 0.717) is 24.7 Å². The number of rotatable bonds is 5. The molecule has 4 heterocycles. The highest BCUT2D eigenvalue weighted by Crippen LogP contribution is 2.30. The predicted octanol–water partition coefficient (Wildman–Crippen LogP) is 3.43. The Labute approximate surface area is 167 Å². The largest absolute Gasteiger partial charge is 0.380 e. The molecule has 4 rings (SSSR count).